The fraction of sp³-hybridized carbons (Fsp3) is 0.200. The van der Waals surface area contributed by atoms with E-state index in [2.05, 4.69) is 9.97 Å². The number of allylic oxidation sites excluding steroid dienone is 2. The second kappa shape index (κ2) is 8.33. The number of Topliss-reactive ketones (excluding diaryl/α,β-unsaturated/α-hetero) is 1. The monoisotopic (exact) mass is 460 g/mol. The van der Waals surface area contributed by atoms with Crippen molar-refractivity contribution in [1.82, 2.24) is 9.97 Å². The van der Waals surface area contributed by atoms with Gasteiger partial charge in [-0.2, -0.15) is 0 Å². The molecule has 8 heteroatoms. The molecule has 1 atom stereocenters. The minimum Gasteiger partial charge on any atom is -0.466 e. The van der Waals surface area contributed by atoms with Crippen LogP contribution in [0.2, 0.25) is 5.15 Å². The SMILES string of the molecule is COC(=O)C1=C(N)N(c2cccnc2)C2=C(C(=O)CCC2)C1c1cc2ccccc2nc1Cl. The van der Waals surface area contributed by atoms with Crippen LogP contribution in [0.25, 0.3) is 10.9 Å². The topological polar surface area (TPSA) is 98.4 Å². The van der Waals surface area contributed by atoms with Gasteiger partial charge >= 0.3 is 5.97 Å². The number of anilines is 1. The first-order chi connectivity index (χ1) is 16.0. The molecule has 0 bridgehead atoms. The number of nitrogens with two attached hydrogens (primary N) is 1. The number of carbonyl (C=O) groups excluding carboxylic acids is 2. The van der Waals surface area contributed by atoms with Crippen LogP contribution >= 0.6 is 11.6 Å². The van der Waals surface area contributed by atoms with Crippen LogP contribution < -0.4 is 10.6 Å². The molecular formula is C25H21ClN4O3. The highest BCUT2D eigenvalue weighted by Crippen LogP contribution is 2.48. The van der Waals surface area contributed by atoms with Gasteiger partial charge in [-0.25, -0.2) is 9.78 Å². The van der Waals surface area contributed by atoms with Crippen LogP contribution in [0, 0.1) is 0 Å². The number of rotatable bonds is 3. The van der Waals surface area contributed by atoms with Gasteiger partial charge in [0, 0.05) is 34.8 Å². The van der Waals surface area contributed by atoms with Gasteiger partial charge in [0.25, 0.3) is 0 Å². The number of ketones is 1. The molecule has 0 amide bonds. The maximum Gasteiger partial charge on any atom is 0.338 e. The minimum atomic E-state index is -0.780. The zero-order chi connectivity index (χ0) is 23.1. The van der Waals surface area contributed by atoms with E-state index in [1.807, 2.05) is 36.4 Å². The summed E-state index contributed by atoms with van der Waals surface area (Å²) >= 11 is 6.65. The molecule has 5 rings (SSSR count). The van der Waals surface area contributed by atoms with Gasteiger partial charge in [-0.3, -0.25) is 14.7 Å². The molecule has 166 valence electrons. The molecule has 1 aliphatic heterocycles. The molecule has 3 heterocycles. The Hall–Kier alpha value is -3.71. The molecule has 2 aromatic heterocycles. The standard InChI is InChI=1S/C25H21ClN4O3/c1-33-25(32)22-20(16-12-14-6-2-3-8-17(14)29-23(16)26)21-18(9-4-10-19(21)31)30(24(22)27)15-7-5-11-28-13-15/h2-3,5-8,11-13,20H,4,9-10,27H2,1H3. The molecule has 1 aromatic carbocycles. The summed E-state index contributed by atoms with van der Waals surface area (Å²) in [6.45, 7) is 0. The second-order valence-corrected chi connectivity index (χ2v) is 8.33. The van der Waals surface area contributed by atoms with E-state index >= 15 is 0 Å². The van der Waals surface area contributed by atoms with Crippen molar-refractivity contribution in [2.45, 2.75) is 25.2 Å². The van der Waals surface area contributed by atoms with Crippen LogP contribution in [0.15, 0.2) is 77.5 Å². The molecule has 1 unspecified atom stereocenters. The summed E-state index contributed by atoms with van der Waals surface area (Å²) in [6, 6.07) is 13.0. The maximum atomic E-state index is 13.3. The largest absolute Gasteiger partial charge is 0.466 e. The van der Waals surface area contributed by atoms with E-state index in [1.165, 1.54) is 7.11 Å². The third-order valence-corrected chi connectivity index (χ3v) is 6.42. The van der Waals surface area contributed by atoms with Crippen molar-refractivity contribution < 1.29 is 14.3 Å². The van der Waals surface area contributed by atoms with Crippen molar-refractivity contribution in [2.75, 3.05) is 12.0 Å². The Kier molecular flexibility index (Phi) is 5.34. The number of para-hydroxylation sites is 1. The summed E-state index contributed by atoms with van der Waals surface area (Å²) in [4.78, 5) is 36.9. The van der Waals surface area contributed by atoms with E-state index in [4.69, 9.17) is 22.1 Å². The van der Waals surface area contributed by atoms with Crippen molar-refractivity contribution in [3.8, 4) is 0 Å². The van der Waals surface area contributed by atoms with Crippen LogP contribution in [0.5, 0.6) is 0 Å². The first-order valence-electron chi connectivity index (χ1n) is 10.6. The lowest BCUT2D eigenvalue weighted by Crippen LogP contribution is -2.41. The molecule has 0 fully saturated rings. The van der Waals surface area contributed by atoms with Crippen LogP contribution in [-0.4, -0.2) is 28.8 Å². The zero-order valence-corrected chi connectivity index (χ0v) is 18.7. The molecule has 1 aliphatic carbocycles. The molecule has 2 aliphatic rings. The summed E-state index contributed by atoms with van der Waals surface area (Å²) in [5.41, 5.74) is 9.99. The Morgan fingerprint density at radius 3 is 2.79 bits per heavy atom. The van der Waals surface area contributed by atoms with Crippen LogP contribution in [0.4, 0.5) is 5.69 Å². The van der Waals surface area contributed by atoms with Gasteiger partial charge in [-0.15, -0.1) is 0 Å². The summed E-state index contributed by atoms with van der Waals surface area (Å²) in [5.74, 6) is -1.26. The van der Waals surface area contributed by atoms with Crippen molar-refractivity contribution >= 4 is 39.9 Å². The summed E-state index contributed by atoms with van der Waals surface area (Å²) in [6.07, 6.45) is 4.99. The van der Waals surface area contributed by atoms with Gasteiger partial charge in [-0.1, -0.05) is 29.8 Å². The number of halogens is 1. The summed E-state index contributed by atoms with van der Waals surface area (Å²) in [5, 5.41) is 1.06. The van der Waals surface area contributed by atoms with E-state index in [-0.39, 0.29) is 22.3 Å². The number of pyridine rings is 2. The van der Waals surface area contributed by atoms with Crippen LogP contribution in [0.1, 0.15) is 30.7 Å². The number of hydrogen-bond acceptors (Lipinski definition) is 7. The van der Waals surface area contributed by atoms with E-state index in [0.29, 0.717) is 36.1 Å². The van der Waals surface area contributed by atoms with Crippen LogP contribution in [-0.2, 0) is 14.3 Å². The highest BCUT2D eigenvalue weighted by molar-refractivity contribution is 6.31. The number of methoxy groups -OCH3 is 1. The lowest BCUT2D eigenvalue weighted by Gasteiger charge is -2.40. The van der Waals surface area contributed by atoms with Gasteiger partial charge in [0.2, 0.25) is 0 Å². The molecule has 0 saturated carbocycles. The number of ether oxygens (including phenoxy) is 1. The first kappa shape index (κ1) is 21.2. The predicted octanol–water partition coefficient (Wildman–Crippen LogP) is 4.24. The molecule has 0 radical (unpaired) electrons. The number of fused-ring (bicyclic) bond motifs is 1. The minimum absolute atomic E-state index is 0.0479. The van der Waals surface area contributed by atoms with Crippen molar-refractivity contribution in [1.29, 1.82) is 0 Å². The zero-order valence-electron chi connectivity index (χ0n) is 17.9. The Bertz CT molecular complexity index is 1350. The van der Waals surface area contributed by atoms with Crippen LogP contribution in [0.3, 0.4) is 0 Å². The highest BCUT2D eigenvalue weighted by atomic mass is 35.5. The number of carbonyl (C=O) groups is 2. The second-order valence-electron chi connectivity index (χ2n) is 7.97. The highest BCUT2D eigenvalue weighted by Gasteiger charge is 2.44. The Morgan fingerprint density at radius 1 is 1.21 bits per heavy atom. The normalized spacial score (nSPS) is 18.5. The van der Waals surface area contributed by atoms with E-state index in [1.54, 1.807) is 23.4 Å². The fourth-order valence-electron chi connectivity index (χ4n) is 4.70. The third kappa shape index (κ3) is 3.45. The molecule has 0 spiro atoms. The number of esters is 1. The Balaban J connectivity index is 1.82. The van der Waals surface area contributed by atoms with Gasteiger partial charge in [0.15, 0.2) is 5.78 Å². The molecule has 7 nitrogen and oxygen atoms in total. The average Bonchev–Trinajstić information content (AvgIpc) is 2.83. The molecular weight excluding hydrogens is 440 g/mol. The van der Waals surface area contributed by atoms with E-state index in [0.717, 1.165) is 16.6 Å². The maximum absolute atomic E-state index is 13.3. The molecule has 3 aromatic rings. The number of aromatic nitrogens is 2. The number of benzene rings is 1. The van der Waals surface area contributed by atoms with Crippen molar-refractivity contribution in [2.24, 2.45) is 5.73 Å². The van der Waals surface area contributed by atoms with Gasteiger partial charge < -0.3 is 10.5 Å². The smallest absolute Gasteiger partial charge is 0.338 e. The number of hydrogen-bond donors (Lipinski definition) is 1. The average molecular weight is 461 g/mol. The van der Waals surface area contributed by atoms with Crippen molar-refractivity contribution in [3.63, 3.8) is 0 Å². The lowest BCUT2D eigenvalue weighted by molar-refractivity contribution is -0.136. The Morgan fingerprint density at radius 2 is 2.03 bits per heavy atom. The lowest BCUT2D eigenvalue weighted by atomic mass is 9.75. The molecule has 2 N–H and O–H groups in total. The van der Waals surface area contributed by atoms with Crippen molar-refractivity contribution in [3.05, 3.63) is 88.2 Å². The van der Waals surface area contributed by atoms with E-state index < -0.39 is 11.9 Å². The molecule has 0 saturated heterocycles. The quantitative estimate of drug-likeness (QED) is 0.461. The van der Waals surface area contributed by atoms with Gasteiger partial charge in [-0.05, 0) is 37.1 Å². The van der Waals surface area contributed by atoms with Gasteiger partial charge in [0.05, 0.1) is 36.0 Å². The molecule has 33 heavy (non-hydrogen) atoms. The fourth-order valence-corrected chi connectivity index (χ4v) is 4.95. The number of nitrogens with zero attached hydrogens (tertiary/aromatic N) is 3. The predicted molar refractivity (Wildman–Crippen MR) is 125 cm³/mol. The first-order valence-corrected chi connectivity index (χ1v) is 11.0. The Labute approximate surface area is 195 Å². The van der Waals surface area contributed by atoms with E-state index in [9.17, 15) is 9.59 Å². The summed E-state index contributed by atoms with van der Waals surface area (Å²) in [7, 11) is 1.29. The summed E-state index contributed by atoms with van der Waals surface area (Å²) < 4.78 is 5.12. The third-order valence-electron chi connectivity index (χ3n) is 6.12. The van der Waals surface area contributed by atoms with Gasteiger partial charge in [0.1, 0.15) is 11.0 Å².